The fourth-order valence-electron chi connectivity index (χ4n) is 0.578. The molecule has 0 spiro atoms. The van der Waals surface area contributed by atoms with Crippen molar-refractivity contribution in [2.75, 3.05) is 0 Å². The molecule has 0 saturated heterocycles. The maximum atomic E-state index is 6.00. The van der Waals surface area contributed by atoms with Crippen molar-refractivity contribution in [2.24, 2.45) is 0 Å². The molecule has 0 aliphatic carbocycles. The van der Waals surface area contributed by atoms with Crippen molar-refractivity contribution in [3.8, 4) is 0 Å². The number of halogens is 6. The van der Waals surface area contributed by atoms with Crippen LogP contribution >= 0.6 is 103 Å². The van der Waals surface area contributed by atoms with Gasteiger partial charge in [-0.3, -0.25) is 0 Å². The standard InChI is InChI=1S/C6Cl3I3/c7-1-2(8)5(11)6(12)3(9)4(1)10. The van der Waals surface area contributed by atoms with Crippen LogP contribution in [0.25, 0.3) is 0 Å². The van der Waals surface area contributed by atoms with Crippen molar-refractivity contribution in [1.29, 1.82) is 0 Å². The monoisotopic (exact) mass is 558 g/mol. The van der Waals surface area contributed by atoms with Gasteiger partial charge in [0.15, 0.2) is 0 Å². The van der Waals surface area contributed by atoms with Crippen LogP contribution in [0.3, 0.4) is 0 Å². The molecule has 0 radical (unpaired) electrons. The Morgan fingerprint density at radius 2 is 0.917 bits per heavy atom. The van der Waals surface area contributed by atoms with Gasteiger partial charge in [-0.05, 0) is 67.8 Å². The third-order valence-electron chi connectivity index (χ3n) is 1.16. The Balaban J connectivity index is 3.60. The molecule has 0 fully saturated rings. The molecule has 0 aliphatic heterocycles. The highest BCUT2D eigenvalue weighted by Crippen LogP contribution is 2.40. The second-order valence-electron chi connectivity index (χ2n) is 1.88. The molecule has 6 heteroatoms. The van der Waals surface area contributed by atoms with Crippen molar-refractivity contribution >= 4 is 103 Å². The summed E-state index contributed by atoms with van der Waals surface area (Å²) in [6, 6.07) is 0. The summed E-state index contributed by atoms with van der Waals surface area (Å²) in [4.78, 5) is 0. The van der Waals surface area contributed by atoms with E-state index in [1.165, 1.54) is 0 Å². The molecule has 66 valence electrons. The minimum Gasteiger partial charge on any atom is -0.0819 e. The molecular formula is C6Cl3I3. The molecule has 1 rings (SSSR count). The van der Waals surface area contributed by atoms with Crippen LogP contribution < -0.4 is 0 Å². The van der Waals surface area contributed by atoms with Gasteiger partial charge < -0.3 is 0 Å². The summed E-state index contributed by atoms with van der Waals surface area (Å²) in [5, 5.41) is 1.79. The lowest BCUT2D eigenvalue weighted by molar-refractivity contribution is 1.53. The van der Waals surface area contributed by atoms with Crippen LogP contribution in [-0.2, 0) is 0 Å². The lowest BCUT2D eigenvalue weighted by Gasteiger charge is -2.07. The highest BCUT2D eigenvalue weighted by atomic mass is 127. The molecule has 0 aliphatic rings. The summed E-state index contributed by atoms with van der Waals surface area (Å²) < 4.78 is 2.67. The molecule has 1 aromatic carbocycles. The first kappa shape index (κ1) is 12.4. The van der Waals surface area contributed by atoms with Gasteiger partial charge in [-0.1, -0.05) is 34.8 Å². The van der Waals surface area contributed by atoms with E-state index in [0.717, 1.165) is 10.7 Å². The fraction of sp³-hybridized carbons (Fsp3) is 0. The first-order valence-electron chi connectivity index (χ1n) is 2.63. The van der Waals surface area contributed by atoms with Gasteiger partial charge >= 0.3 is 0 Å². The number of hydrogen-bond donors (Lipinski definition) is 0. The molecule has 1 aromatic rings. The molecule has 0 aromatic heterocycles. The second kappa shape index (κ2) is 4.87. The molecule has 12 heavy (non-hydrogen) atoms. The first-order chi connectivity index (χ1) is 5.46. The Labute approximate surface area is 126 Å². The lowest BCUT2D eigenvalue weighted by Crippen LogP contribution is -1.89. The van der Waals surface area contributed by atoms with Crippen LogP contribution in [0.15, 0.2) is 0 Å². The molecule has 0 atom stereocenters. The van der Waals surface area contributed by atoms with Crippen LogP contribution in [0.1, 0.15) is 0 Å². The van der Waals surface area contributed by atoms with E-state index in [9.17, 15) is 0 Å². The van der Waals surface area contributed by atoms with Gasteiger partial charge in [0.05, 0.1) is 18.6 Å². The highest BCUT2D eigenvalue weighted by molar-refractivity contribution is 14.1. The van der Waals surface area contributed by atoms with Gasteiger partial charge in [0, 0.05) is 7.14 Å². The minimum atomic E-state index is 0.534. The zero-order valence-electron chi connectivity index (χ0n) is 5.27. The van der Waals surface area contributed by atoms with Crippen molar-refractivity contribution < 1.29 is 0 Å². The van der Waals surface area contributed by atoms with Crippen molar-refractivity contribution in [2.45, 2.75) is 0 Å². The summed E-state index contributed by atoms with van der Waals surface area (Å²) in [6.07, 6.45) is 0. The summed E-state index contributed by atoms with van der Waals surface area (Å²) in [5.74, 6) is 0. The van der Waals surface area contributed by atoms with Crippen molar-refractivity contribution in [3.05, 3.63) is 25.8 Å². The van der Waals surface area contributed by atoms with E-state index in [4.69, 9.17) is 34.8 Å². The van der Waals surface area contributed by atoms with Crippen LogP contribution in [0.4, 0.5) is 0 Å². The average Bonchev–Trinajstić information content (AvgIpc) is 2.08. The van der Waals surface area contributed by atoms with E-state index in [0.29, 0.717) is 15.1 Å². The third-order valence-corrected chi connectivity index (χ3v) is 7.93. The SMILES string of the molecule is Clc1c(Cl)c(I)c(I)c(Cl)c1I. The van der Waals surface area contributed by atoms with E-state index in [1.54, 1.807) is 0 Å². The molecule has 0 amide bonds. The molecule has 0 bridgehead atoms. The summed E-state index contributed by atoms with van der Waals surface area (Å²) >= 11 is 24.2. The zero-order chi connectivity index (χ0) is 9.46. The molecule has 0 nitrogen and oxygen atoms in total. The zero-order valence-corrected chi connectivity index (χ0v) is 14.0. The third kappa shape index (κ3) is 2.26. The van der Waals surface area contributed by atoms with Gasteiger partial charge in [-0.25, -0.2) is 0 Å². The first-order valence-corrected chi connectivity index (χ1v) is 7.00. The number of hydrogen-bond acceptors (Lipinski definition) is 0. The topological polar surface area (TPSA) is 0 Å². The second-order valence-corrected chi connectivity index (χ2v) is 6.25. The molecule has 0 saturated carbocycles. The van der Waals surface area contributed by atoms with E-state index in [1.807, 2.05) is 0 Å². The minimum absolute atomic E-state index is 0.534. The molecule has 0 unspecified atom stereocenters. The van der Waals surface area contributed by atoms with Crippen LogP contribution in [0.2, 0.25) is 15.1 Å². The van der Waals surface area contributed by atoms with Crippen molar-refractivity contribution in [3.63, 3.8) is 0 Å². The quantitative estimate of drug-likeness (QED) is 0.225. The predicted octanol–water partition coefficient (Wildman–Crippen LogP) is 5.46. The summed E-state index contributed by atoms with van der Waals surface area (Å²) in [6.45, 7) is 0. The maximum absolute atomic E-state index is 6.00. The predicted molar refractivity (Wildman–Crippen MR) is 79.6 cm³/mol. The van der Waals surface area contributed by atoms with Gasteiger partial charge in [-0.15, -0.1) is 0 Å². The summed E-state index contributed by atoms with van der Waals surface area (Å²) in [7, 11) is 0. The Morgan fingerprint density at radius 3 is 1.42 bits per heavy atom. The molecule has 0 N–H and O–H groups in total. The van der Waals surface area contributed by atoms with Gasteiger partial charge in [0.25, 0.3) is 0 Å². The Morgan fingerprint density at radius 1 is 0.583 bits per heavy atom. The Hall–Kier alpha value is 2.28. The Bertz CT molecular complexity index is 232. The van der Waals surface area contributed by atoms with E-state index >= 15 is 0 Å². The number of rotatable bonds is 0. The van der Waals surface area contributed by atoms with Crippen molar-refractivity contribution in [1.82, 2.24) is 0 Å². The average molecular weight is 559 g/mol. The van der Waals surface area contributed by atoms with E-state index in [2.05, 4.69) is 67.8 Å². The van der Waals surface area contributed by atoms with E-state index in [-0.39, 0.29) is 0 Å². The van der Waals surface area contributed by atoms with E-state index < -0.39 is 0 Å². The molecular weight excluding hydrogens is 559 g/mol. The summed E-state index contributed by atoms with van der Waals surface area (Å²) in [5.41, 5.74) is 0. The molecule has 0 heterocycles. The maximum Gasteiger partial charge on any atom is 0.0752 e. The fourth-order valence-corrected chi connectivity index (χ4v) is 3.97. The Kier molecular flexibility index (Phi) is 5.01. The normalized spacial score (nSPS) is 10.5. The smallest absolute Gasteiger partial charge is 0.0752 e. The lowest BCUT2D eigenvalue weighted by atomic mass is 10.4. The van der Waals surface area contributed by atoms with Gasteiger partial charge in [-0.2, -0.15) is 0 Å². The van der Waals surface area contributed by atoms with Crippen LogP contribution in [0.5, 0.6) is 0 Å². The van der Waals surface area contributed by atoms with Crippen LogP contribution in [0, 0.1) is 10.7 Å². The largest absolute Gasteiger partial charge is 0.0819 e. The highest BCUT2D eigenvalue weighted by Gasteiger charge is 2.15. The number of benzene rings is 1. The van der Waals surface area contributed by atoms with Crippen LogP contribution in [-0.4, -0.2) is 0 Å². The van der Waals surface area contributed by atoms with Gasteiger partial charge in [0.2, 0.25) is 0 Å². The van der Waals surface area contributed by atoms with Gasteiger partial charge in [0.1, 0.15) is 0 Å².